The quantitative estimate of drug-likeness (QED) is 0.768. The molecule has 168 valence electrons. The number of hydrogen-bond donors (Lipinski definition) is 2. The van der Waals surface area contributed by atoms with Gasteiger partial charge in [0.15, 0.2) is 5.82 Å². The monoisotopic (exact) mass is 427 g/mol. The van der Waals surface area contributed by atoms with Crippen molar-refractivity contribution < 1.29 is 9.53 Å². The van der Waals surface area contributed by atoms with Gasteiger partial charge in [0.2, 0.25) is 0 Å². The second-order valence-electron chi connectivity index (χ2n) is 9.31. The van der Waals surface area contributed by atoms with Gasteiger partial charge in [-0.05, 0) is 39.5 Å². The molecule has 0 aliphatic carbocycles. The summed E-state index contributed by atoms with van der Waals surface area (Å²) < 4.78 is 5.55. The summed E-state index contributed by atoms with van der Waals surface area (Å²) in [5.41, 5.74) is 1.14. The standard InChI is InChI=1S/C22H33N7O2/c1-22(2,3)31-21(30)29-10-4-5-16(15-29)14-26-20-19-17(24-6-7-25-19)13-18(27-20)28-11-8-23-9-12-28/h6-7,13,16,23H,4-5,8-12,14-15H2,1-3H3,(H,26,27). The highest BCUT2D eigenvalue weighted by Gasteiger charge is 2.28. The molecule has 1 amide bonds. The first kappa shape index (κ1) is 21.5. The van der Waals surface area contributed by atoms with Crippen LogP contribution in [0.25, 0.3) is 11.0 Å². The van der Waals surface area contributed by atoms with Crippen LogP contribution in [-0.4, -0.2) is 77.4 Å². The molecule has 2 aliphatic heterocycles. The molecule has 4 heterocycles. The van der Waals surface area contributed by atoms with Gasteiger partial charge in [-0.2, -0.15) is 0 Å². The van der Waals surface area contributed by atoms with Crippen LogP contribution in [0.1, 0.15) is 33.6 Å². The van der Waals surface area contributed by atoms with Crippen LogP contribution in [0.5, 0.6) is 0 Å². The Labute approximate surface area is 183 Å². The summed E-state index contributed by atoms with van der Waals surface area (Å²) in [6.45, 7) is 11.6. The van der Waals surface area contributed by atoms with Crippen LogP contribution in [0.3, 0.4) is 0 Å². The molecule has 4 rings (SSSR count). The van der Waals surface area contributed by atoms with Gasteiger partial charge in [-0.3, -0.25) is 4.98 Å². The Kier molecular flexibility index (Phi) is 6.41. The van der Waals surface area contributed by atoms with Crippen LogP contribution in [0.2, 0.25) is 0 Å². The first-order valence-corrected chi connectivity index (χ1v) is 11.2. The van der Waals surface area contributed by atoms with E-state index in [-0.39, 0.29) is 6.09 Å². The number of carbonyl (C=O) groups is 1. The van der Waals surface area contributed by atoms with E-state index in [1.165, 1.54) is 0 Å². The highest BCUT2D eigenvalue weighted by molar-refractivity contribution is 5.87. The predicted octanol–water partition coefficient (Wildman–Crippen LogP) is 2.49. The Morgan fingerprint density at radius 3 is 2.77 bits per heavy atom. The molecule has 1 unspecified atom stereocenters. The van der Waals surface area contributed by atoms with Crippen molar-refractivity contribution in [3.8, 4) is 0 Å². The number of hydrogen-bond acceptors (Lipinski definition) is 8. The summed E-state index contributed by atoms with van der Waals surface area (Å²) in [6, 6.07) is 2.02. The van der Waals surface area contributed by atoms with E-state index in [4.69, 9.17) is 9.72 Å². The van der Waals surface area contributed by atoms with Gasteiger partial charge in [0.25, 0.3) is 0 Å². The van der Waals surface area contributed by atoms with Crippen molar-refractivity contribution in [3.63, 3.8) is 0 Å². The number of nitrogens with one attached hydrogen (secondary N) is 2. The molecule has 1 atom stereocenters. The summed E-state index contributed by atoms with van der Waals surface area (Å²) in [7, 11) is 0. The molecular formula is C22H33N7O2. The van der Waals surface area contributed by atoms with Crippen molar-refractivity contribution in [1.29, 1.82) is 0 Å². The molecule has 31 heavy (non-hydrogen) atoms. The molecule has 0 radical (unpaired) electrons. The third-order valence-corrected chi connectivity index (χ3v) is 5.61. The zero-order chi connectivity index (χ0) is 21.8. The van der Waals surface area contributed by atoms with E-state index >= 15 is 0 Å². The number of piperidine rings is 1. The van der Waals surface area contributed by atoms with E-state index in [1.807, 2.05) is 31.7 Å². The lowest BCUT2D eigenvalue weighted by atomic mass is 9.98. The largest absolute Gasteiger partial charge is 0.444 e. The van der Waals surface area contributed by atoms with Gasteiger partial charge in [-0.25, -0.2) is 14.8 Å². The average Bonchev–Trinajstić information content (AvgIpc) is 2.77. The van der Waals surface area contributed by atoms with Crippen molar-refractivity contribution in [1.82, 2.24) is 25.2 Å². The number of likely N-dealkylation sites (tertiary alicyclic amines) is 1. The van der Waals surface area contributed by atoms with E-state index < -0.39 is 5.60 Å². The molecular weight excluding hydrogens is 394 g/mol. The lowest BCUT2D eigenvalue weighted by molar-refractivity contribution is 0.0172. The smallest absolute Gasteiger partial charge is 0.410 e. The molecule has 2 aromatic heterocycles. The number of ether oxygens (including phenoxy) is 1. The molecule has 2 aromatic rings. The van der Waals surface area contributed by atoms with Crippen LogP contribution < -0.4 is 15.5 Å². The van der Waals surface area contributed by atoms with Gasteiger partial charge in [0, 0.05) is 64.3 Å². The average molecular weight is 428 g/mol. The Morgan fingerprint density at radius 2 is 2.00 bits per heavy atom. The first-order chi connectivity index (χ1) is 14.9. The second kappa shape index (κ2) is 9.21. The summed E-state index contributed by atoms with van der Waals surface area (Å²) in [4.78, 5) is 30.5. The zero-order valence-electron chi connectivity index (χ0n) is 18.7. The van der Waals surface area contributed by atoms with Crippen LogP contribution in [-0.2, 0) is 4.74 Å². The Balaban J connectivity index is 1.46. The van der Waals surface area contributed by atoms with Crippen molar-refractivity contribution >= 4 is 28.8 Å². The van der Waals surface area contributed by atoms with Gasteiger partial charge in [0.05, 0.1) is 5.52 Å². The summed E-state index contributed by atoms with van der Waals surface area (Å²) >= 11 is 0. The van der Waals surface area contributed by atoms with Crippen molar-refractivity contribution in [2.45, 2.75) is 39.2 Å². The lowest BCUT2D eigenvalue weighted by Crippen LogP contribution is -2.44. The second-order valence-corrected chi connectivity index (χ2v) is 9.31. The number of aromatic nitrogens is 3. The lowest BCUT2D eigenvalue weighted by Gasteiger charge is -2.34. The van der Waals surface area contributed by atoms with Crippen LogP contribution in [0, 0.1) is 5.92 Å². The number of carbonyl (C=O) groups excluding carboxylic acids is 1. The summed E-state index contributed by atoms with van der Waals surface area (Å²) in [5.74, 6) is 2.02. The third kappa shape index (κ3) is 5.52. The third-order valence-electron chi connectivity index (χ3n) is 5.61. The van der Waals surface area contributed by atoms with Crippen LogP contribution >= 0.6 is 0 Å². The molecule has 2 fully saturated rings. The van der Waals surface area contributed by atoms with Crippen molar-refractivity contribution in [2.75, 3.05) is 56.0 Å². The number of rotatable bonds is 4. The minimum atomic E-state index is -0.478. The van der Waals surface area contributed by atoms with E-state index in [0.29, 0.717) is 12.5 Å². The molecule has 0 spiro atoms. The highest BCUT2D eigenvalue weighted by Crippen LogP contribution is 2.25. The first-order valence-electron chi connectivity index (χ1n) is 11.2. The maximum Gasteiger partial charge on any atom is 0.410 e. The van der Waals surface area contributed by atoms with Crippen molar-refractivity contribution in [2.24, 2.45) is 5.92 Å². The topological polar surface area (TPSA) is 95.5 Å². The Morgan fingerprint density at radius 1 is 1.23 bits per heavy atom. The maximum absolute atomic E-state index is 12.5. The highest BCUT2D eigenvalue weighted by atomic mass is 16.6. The van der Waals surface area contributed by atoms with Crippen LogP contribution in [0.15, 0.2) is 18.5 Å². The number of pyridine rings is 1. The SMILES string of the molecule is CC(C)(C)OC(=O)N1CCCC(CNc2nc(N3CCNCC3)cc3nccnc23)C1. The fraction of sp³-hybridized carbons (Fsp3) is 0.636. The fourth-order valence-corrected chi connectivity index (χ4v) is 4.10. The van der Waals surface area contributed by atoms with E-state index in [0.717, 1.165) is 74.8 Å². The molecule has 2 saturated heterocycles. The molecule has 2 aliphatic rings. The minimum Gasteiger partial charge on any atom is -0.444 e. The Bertz CT molecular complexity index is 908. The van der Waals surface area contributed by atoms with Crippen LogP contribution in [0.4, 0.5) is 16.4 Å². The summed E-state index contributed by atoms with van der Waals surface area (Å²) in [5, 5.41) is 6.89. The van der Waals surface area contributed by atoms with E-state index in [1.54, 1.807) is 12.4 Å². The number of piperazine rings is 1. The number of fused-ring (bicyclic) bond motifs is 1. The number of nitrogens with zero attached hydrogens (tertiary/aromatic N) is 5. The molecule has 0 aromatic carbocycles. The molecule has 0 bridgehead atoms. The summed E-state index contributed by atoms with van der Waals surface area (Å²) in [6.07, 6.45) is 5.22. The Hall–Kier alpha value is -2.68. The van der Waals surface area contributed by atoms with E-state index in [9.17, 15) is 4.79 Å². The molecule has 9 nitrogen and oxygen atoms in total. The molecule has 2 N–H and O–H groups in total. The number of anilines is 2. The van der Waals surface area contributed by atoms with Gasteiger partial charge >= 0.3 is 6.09 Å². The van der Waals surface area contributed by atoms with Gasteiger partial charge in [-0.1, -0.05) is 0 Å². The predicted molar refractivity (Wildman–Crippen MR) is 121 cm³/mol. The number of amides is 1. The van der Waals surface area contributed by atoms with Gasteiger partial charge in [-0.15, -0.1) is 0 Å². The van der Waals surface area contributed by atoms with Gasteiger partial charge < -0.3 is 25.2 Å². The van der Waals surface area contributed by atoms with E-state index in [2.05, 4.69) is 25.5 Å². The fourth-order valence-electron chi connectivity index (χ4n) is 4.10. The molecule has 9 heteroatoms. The maximum atomic E-state index is 12.5. The van der Waals surface area contributed by atoms with Gasteiger partial charge in [0.1, 0.15) is 16.9 Å². The zero-order valence-corrected chi connectivity index (χ0v) is 18.7. The minimum absolute atomic E-state index is 0.229. The normalized spacial score (nSPS) is 20.0. The molecule has 0 saturated carbocycles. The van der Waals surface area contributed by atoms with Crippen molar-refractivity contribution in [3.05, 3.63) is 18.5 Å².